The molecule has 2 nitrogen and oxygen atoms in total. The molecule has 1 saturated heterocycles. The second-order valence-electron chi connectivity index (χ2n) is 6.64. The van der Waals surface area contributed by atoms with Gasteiger partial charge in [-0.25, -0.2) is 0 Å². The lowest BCUT2D eigenvalue weighted by atomic mass is 9.89. The first-order valence-corrected chi connectivity index (χ1v) is 9.10. The lowest BCUT2D eigenvalue weighted by Crippen LogP contribution is -2.48. The van der Waals surface area contributed by atoms with E-state index in [1.54, 1.807) is 0 Å². The third kappa shape index (κ3) is 6.58. The first kappa shape index (κ1) is 18.0. The number of hydrogen-bond donors (Lipinski definition) is 1. The highest BCUT2D eigenvalue weighted by Crippen LogP contribution is 2.31. The van der Waals surface area contributed by atoms with E-state index < -0.39 is 0 Å². The molecular formula is C18H37NO. The second kappa shape index (κ2) is 10.6. The molecule has 1 heterocycles. The average Bonchev–Trinajstić information content (AvgIpc) is 2.88. The largest absolute Gasteiger partial charge is 0.374 e. The number of unbranched alkanes of at least 4 members (excludes halogenated alkanes) is 7. The van der Waals surface area contributed by atoms with E-state index >= 15 is 0 Å². The van der Waals surface area contributed by atoms with Crippen molar-refractivity contribution in [1.29, 1.82) is 0 Å². The smallest absolute Gasteiger partial charge is 0.0807 e. The molecule has 2 unspecified atom stereocenters. The van der Waals surface area contributed by atoms with E-state index in [0.29, 0.717) is 6.04 Å². The minimum Gasteiger partial charge on any atom is -0.374 e. The summed E-state index contributed by atoms with van der Waals surface area (Å²) in [5.74, 6) is 0. The Balaban J connectivity index is 2.10. The summed E-state index contributed by atoms with van der Waals surface area (Å²) in [6.07, 6.45) is 15.0. The van der Waals surface area contributed by atoms with Gasteiger partial charge in [0.05, 0.1) is 5.60 Å². The molecule has 0 spiro atoms. The van der Waals surface area contributed by atoms with Gasteiger partial charge in [0, 0.05) is 12.6 Å². The van der Waals surface area contributed by atoms with Crippen molar-refractivity contribution in [2.24, 2.45) is 0 Å². The molecular weight excluding hydrogens is 246 g/mol. The second-order valence-corrected chi connectivity index (χ2v) is 6.64. The van der Waals surface area contributed by atoms with Crippen molar-refractivity contribution in [2.45, 2.75) is 103 Å². The van der Waals surface area contributed by atoms with Crippen molar-refractivity contribution in [3.05, 3.63) is 0 Å². The van der Waals surface area contributed by atoms with Gasteiger partial charge in [0.2, 0.25) is 0 Å². The fraction of sp³-hybridized carbons (Fsp3) is 1.00. The van der Waals surface area contributed by atoms with Gasteiger partial charge in [0.15, 0.2) is 0 Å². The lowest BCUT2D eigenvalue weighted by Gasteiger charge is -2.34. The zero-order valence-electron chi connectivity index (χ0n) is 14.2. The van der Waals surface area contributed by atoms with Crippen LogP contribution in [0.4, 0.5) is 0 Å². The molecule has 0 aromatic heterocycles. The Kier molecular flexibility index (Phi) is 9.54. The molecule has 1 fully saturated rings. The van der Waals surface area contributed by atoms with Gasteiger partial charge in [-0.3, -0.25) is 0 Å². The van der Waals surface area contributed by atoms with Crippen molar-refractivity contribution >= 4 is 0 Å². The van der Waals surface area contributed by atoms with Crippen molar-refractivity contribution in [3.63, 3.8) is 0 Å². The van der Waals surface area contributed by atoms with Crippen LogP contribution in [0.1, 0.15) is 91.4 Å². The van der Waals surface area contributed by atoms with Crippen LogP contribution >= 0.6 is 0 Å². The number of rotatable bonds is 12. The highest BCUT2D eigenvalue weighted by molar-refractivity contribution is 4.92. The summed E-state index contributed by atoms with van der Waals surface area (Å²) in [6.45, 7) is 8.81. The summed E-state index contributed by atoms with van der Waals surface area (Å²) in [7, 11) is 0. The molecule has 1 rings (SSSR count). The van der Waals surface area contributed by atoms with Gasteiger partial charge < -0.3 is 10.1 Å². The zero-order valence-corrected chi connectivity index (χ0v) is 14.2. The minimum atomic E-state index is 0.0944. The molecule has 0 amide bonds. The first-order chi connectivity index (χ1) is 9.73. The van der Waals surface area contributed by atoms with Gasteiger partial charge in [-0.2, -0.15) is 0 Å². The molecule has 2 atom stereocenters. The van der Waals surface area contributed by atoms with Crippen LogP contribution in [0.25, 0.3) is 0 Å². The van der Waals surface area contributed by atoms with Crippen LogP contribution in [0, 0.1) is 0 Å². The Bertz CT molecular complexity index is 223. The van der Waals surface area contributed by atoms with E-state index in [9.17, 15) is 0 Å². The summed E-state index contributed by atoms with van der Waals surface area (Å²) in [6, 6.07) is 0.551. The molecule has 0 aliphatic carbocycles. The monoisotopic (exact) mass is 283 g/mol. The Labute approximate surface area is 127 Å². The van der Waals surface area contributed by atoms with Crippen LogP contribution in [-0.2, 0) is 4.74 Å². The Morgan fingerprint density at radius 1 is 1.00 bits per heavy atom. The molecule has 1 N–H and O–H groups in total. The molecule has 0 radical (unpaired) electrons. The molecule has 120 valence electrons. The predicted molar refractivity (Wildman–Crippen MR) is 88.3 cm³/mol. The van der Waals surface area contributed by atoms with E-state index in [0.717, 1.165) is 13.2 Å². The Morgan fingerprint density at radius 3 is 2.20 bits per heavy atom. The van der Waals surface area contributed by atoms with Crippen LogP contribution < -0.4 is 5.32 Å². The number of hydrogen-bond acceptors (Lipinski definition) is 2. The molecule has 2 heteroatoms. The van der Waals surface area contributed by atoms with Gasteiger partial charge in [0.1, 0.15) is 0 Å². The fourth-order valence-corrected chi connectivity index (χ4v) is 3.43. The topological polar surface area (TPSA) is 21.3 Å². The average molecular weight is 284 g/mol. The molecule has 1 aliphatic rings. The third-order valence-electron chi connectivity index (χ3n) is 4.78. The Morgan fingerprint density at radius 2 is 1.65 bits per heavy atom. The zero-order chi connectivity index (χ0) is 14.7. The van der Waals surface area contributed by atoms with Crippen LogP contribution in [0.15, 0.2) is 0 Å². The van der Waals surface area contributed by atoms with E-state index in [-0.39, 0.29) is 5.60 Å². The van der Waals surface area contributed by atoms with E-state index in [4.69, 9.17) is 4.74 Å². The highest BCUT2D eigenvalue weighted by atomic mass is 16.5. The summed E-state index contributed by atoms with van der Waals surface area (Å²) in [4.78, 5) is 0. The van der Waals surface area contributed by atoms with Crippen LogP contribution in [-0.4, -0.2) is 24.8 Å². The summed E-state index contributed by atoms with van der Waals surface area (Å²) >= 11 is 0. The molecule has 1 aliphatic heterocycles. The van der Waals surface area contributed by atoms with Gasteiger partial charge in [-0.15, -0.1) is 0 Å². The van der Waals surface area contributed by atoms with Crippen molar-refractivity contribution in [2.75, 3.05) is 13.2 Å². The van der Waals surface area contributed by atoms with Crippen molar-refractivity contribution in [1.82, 2.24) is 5.32 Å². The fourth-order valence-electron chi connectivity index (χ4n) is 3.43. The molecule has 0 bridgehead atoms. The first-order valence-electron chi connectivity index (χ1n) is 9.10. The maximum atomic E-state index is 6.02. The minimum absolute atomic E-state index is 0.0944. The summed E-state index contributed by atoms with van der Waals surface area (Å²) in [5.41, 5.74) is 0.0944. The maximum absolute atomic E-state index is 6.02. The van der Waals surface area contributed by atoms with Crippen molar-refractivity contribution in [3.8, 4) is 0 Å². The Hall–Kier alpha value is -0.0800. The van der Waals surface area contributed by atoms with Gasteiger partial charge in [0.25, 0.3) is 0 Å². The van der Waals surface area contributed by atoms with Crippen LogP contribution in [0.3, 0.4) is 0 Å². The standard InChI is InChI=1S/C18H37NO/c1-4-6-7-8-9-10-11-12-14-17(19-5-2)18(3)15-13-16-20-18/h17,19H,4-16H2,1-3H3. The van der Waals surface area contributed by atoms with E-state index in [1.165, 1.54) is 70.6 Å². The normalized spacial score (nSPS) is 24.1. The maximum Gasteiger partial charge on any atom is 0.0807 e. The lowest BCUT2D eigenvalue weighted by molar-refractivity contribution is -0.0140. The molecule has 0 aromatic carbocycles. The number of ether oxygens (including phenoxy) is 1. The highest BCUT2D eigenvalue weighted by Gasteiger charge is 2.37. The molecule has 0 aromatic rings. The molecule has 20 heavy (non-hydrogen) atoms. The van der Waals surface area contributed by atoms with Gasteiger partial charge >= 0.3 is 0 Å². The van der Waals surface area contributed by atoms with Crippen LogP contribution in [0.2, 0.25) is 0 Å². The summed E-state index contributed by atoms with van der Waals surface area (Å²) in [5, 5.41) is 3.66. The van der Waals surface area contributed by atoms with E-state index in [2.05, 4.69) is 26.1 Å². The van der Waals surface area contributed by atoms with Crippen molar-refractivity contribution < 1.29 is 4.74 Å². The quantitative estimate of drug-likeness (QED) is 0.505. The predicted octanol–water partition coefficient (Wildman–Crippen LogP) is 5.06. The SMILES string of the molecule is CCCCCCCCCCC(NCC)C1(C)CCCO1. The van der Waals surface area contributed by atoms with Gasteiger partial charge in [-0.05, 0) is 32.7 Å². The number of likely N-dealkylation sites (N-methyl/N-ethyl adjacent to an activating group) is 1. The molecule has 0 saturated carbocycles. The number of nitrogens with one attached hydrogen (secondary N) is 1. The van der Waals surface area contributed by atoms with E-state index in [1.807, 2.05) is 0 Å². The summed E-state index contributed by atoms with van der Waals surface area (Å²) < 4.78 is 6.02. The third-order valence-corrected chi connectivity index (χ3v) is 4.78. The van der Waals surface area contributed by atoms with Gasteiger partial charge in [-0.1, -0.05) is 65.2 Å². The van der Waals surface area contributed by atoms with Crippen LogP contribution in [0.5, 0.6) is 0 Å².